The summed E-state index contributed by atoms with van der Waals surface area (Å²) in [4.78, 5) is 28.6. The Balaban J connectivity index is 1.50. The number of hydrogen-bond donors (Lipinski definition) is 1. The molecular formula is C19H22ClN5O2. The van der Waals surface area contributed by atoms with Gasteiger partial charge in [0.2, 0.25) is 5.91 Å². The zero-order valence-corrected chi connectivity index (χ0v) is 16.2. The van der Waals surface area contributed by atoms with Gasteiger partial charge in [-0.05, 0) is 31.9 Å². The Kier molecular flexibility index (Phi) is 4.34. The van der Waals surface area contributed by atoms with Crippen molar-refractivity contribution >= 4 is 35.0 Å². The van der Waals surface area contributed by atoms with Crippen molar-refractivity contribution in [3.8, 4) is 0 Å². The second kappa shape index (κ2) is 6.56. The summed E-state index contributed by atoms with van der Waals surface area (Å²) in [7, 11) is 1.79. The van der Waals surface area contributed by atoms with Crippen LogP contribution in [0.5, 0.6) is 0 Å². The first kappa shape index (κ1) is 17.9. The predicted octanol–water partition coefficient (Wildman–Crippen LogP) is 3.23. The number of para-hydroxylation sites is 1. The molecule has 1 N–H and O–H groups in total. The standard InChI is InChI=1S/C19H22ClN5O2/c1-13-11-16-23(2)17(26)12-19(25(16)22-13)7-9-24(10-8-19)18(27)21-15-6-4-3-5-14(15)20/h3-6,11H,7-10,12H2,1-2H3,(H,21,27). The van der Waals surface area contributed by atoms with E-state index in [1.807, 2.05) is 29.8 Å². The molecule has 1 fully saturated rings. The number of nitrogens with zero attached hydrogens (tertiary/aromatic N) is 4. The lowest BCUT2D eigenvalue weighted by Crippen LogP contribution is -2.54. The van der Waals surface area contributed by atoms with Crippen molar-refractivity contribution < 1.29 is 9.59 Å². The smallest absolute Gasteiger partial charge is 0.321 e. The number of likely N-dealkylation sites (tertiary alicyclic amines) is 1. The molecule has 142 valence electrons. The molecule has 4 rings (SSSR count). The first-order chi connectivity index (χ1) is 12.9. The van der Waals surface area contributed by atoms with Crippen molar-refractivity contribution in [3.05, 3.63) is 41.0 Å². The molecule has 0 bridgehead atoms. The summed E-state index contributed by atoms with van der Waals surface area (Å²) in [6, 6.07) is 8.94. The summed E-state index contributed by atoms with van der Waals surface area (Å²) < 4.78 is 1.99. The average molecular weight is 388 g/mol. The van der Waals surface area contributed by atoms with Crippen LogP contribution in [0, 0.1) is 6.92 Å². The molecule has 27 heavy (non-hydrogen) atoms. The SMILES string of the molecule is Cc1cc2n(n1)C1(CCN(C(=O)Nc3ccccc3Cl)CC1)CC(=O)N2C. The van der Waals surface area contributed by atoms with E-state index in [4.69, 9.17) is 11.6 Å². The van der Waals surface area contributed by atoms with Crippen molar-refractivity contribution in [1.82, 2.24) is 14.7 Å². The van der Waals surface area contributed by atoms with Crippen LogP contribution in [0.25, 0.3) is 0 Å². The largest absolute Gasteiger partial charge is 0.324 e. The van der Waals surface area contributed by atoms with E-state index in [1.165, 1.54) is 0 Å². The van der Waals surface area contributed by atoms with E-state index in [9.17, 15) is 9.59 Å². The highest BCUT2D eigenvalue weighted by Crippen LogP contribution is 2.41. The molecule has 2 aromatic rings. The molecule has 3 heterocycles. The van der Waals surface area contributed by atoms with Crippen molar-refractivity contribution in [1.29, 1.82) is 0 Å². The fourth-order valence-corrected chi connectivity index (χ4v) is 4.13. The van der Waals surface area contributed by atoms with Gasteiger partial charge in [-0.2, -0.15) is 5.10 Å². The monoisotopic (exact) mass is 387 g/mol. The number of aromatic nitrogens is 2. The van der Waals surface area contributed by atoms with Crippen LogP contribution in [0.3, 0.4) is 0 Å². The highest BCUT2D eigenvalue weighted by Gasteiger charge is 2.45. The fourth-order valence-electron chi connectivity index (χ4n) is 3.95. The van der Waals surface area contributed by atoms with Crippen LogP contribution < -0.4 is 10.2 Å². The van der Waals surface area contributed by atoms with Crippen molar-refractivity contribution in [2.75, 3.05) is 30.4 Å². The lowest BCUT2D eigenvalue weighted by molar-refractivity contribution is -0.122. The molecule has 8 heteroatoms. The maximum atomic E-state index is 12.6. The Morgan fingerprint density at radius 3 is 2.67 bits per heavy atom. The molecule has 1 saturated heterocycles. The van der Waals surface area contributed by atoms with E-state index >= 15 is 0 Å². The zero-order chi connectivity index (χ0) is 19.2. The van der Waals surface area contributed by atoms with Gasteiger partial charge in [0.05, 0.1) is 28.4 Å². The van der Waals surface area contributed by atoms with Crippen molar-refractivity contribution in [2.45, 2.75) is 31.7 Å². The molecular weight excluding hydrogens is 366 g/mol. The minimum Gasteiger partial charge on any atom is -0.324 e. The average Bonchev–Trinajstić information content (AvgIpc) is 3.05. The van der Waals surface area contributed by atoms with Gasteiger partial charge >= 0.3 is 6.03 Å². The number of halogens is 1. The molecule has 0 radical (unpaired) electrons. The van der Waals surface area contributed by atoms with Crippen molar-refractivity contribution in [2.24, 2.45) is 0 Å². The Hall–Kier alpha value is -2.54. The number of urea groups is 1. The van der Waals surface area contributed by atoms with E-state index in [1.54, 1.807) is 29.0 Å². The van der Waals surface area contributed by atoms with Crippen molar-refractivity contribution in [3.63, 3.8) is 0 Å². The van der Waals surface area contributed by atoms with Crippen LogP contribution in [0.1, 0.15) is 25.0 Å². The summed E-state index contributed by atoms with van der Waals surface area (Å²) in [6.45, 7) is 3.06. The number of piperidine rings is 1. The van der Waals surface area contributed by atoms with Gasteiger partial charge in [0, 0.05) is 26.2 Å². The topological polar surface area (TPSA) is 70.5 Å². The molecule has 0 unspecified atom stereocenters. The number of carbonyl (C=O) groups excluding carboxylic acids is 2. The van der Waals surface area contributed by atoms with E-state index in [0.717, 1.165) is 11.5 Å². The Morgan fingerprint density at radius 2 is 1.96 bits per heavy atom. The molecule has 0 saturated carbocycles. The third-order valence-electron chi connectivity index (χ3n) is 5.56. The molecule has 1 spiro atoms. The Bertz CT molecular complexity index is 901. The van der Waals surface area contributed by atoms with Gasteiger partial charge in [-0.3, -0.25) is 4.79 Å². The summed E-state index contributed by atoms with van der Waals surface area (Å²) in [5.74, 6) is 0.925. The number of aryl methyl sites for hydroxylation is 1. The molecule has 2 aliphatic heterocycles. The normalized spacial score (nSPS) is 18.6. The van der Waals surface area contributed by atoms with Crippen LogP contribution in [-0.2, 0) is 10.3 Å². The van der Waals surface area contributed by atoms with Gasteiger partial charge < -0.3 is 15.1 Å². The number of benzene rings is 1. The first-order valence-electron chi connectivity index (χ1n) is 9.04. The summed E-state index contributed by atoms with van der Waals surface area (Å²) >= 11 is 6.13. The van der Waals surface area contributed by atoms with Gasteiger partial charge in [-0.15, -0.1) is 0 Å². The van der Waals surface area contributed by atoms with Gasteiger partial charge in [0.1, 0.15) is 5.82 Å². The fraction of sp³-hybridized carbons (Fsp3) is 0.421. The summed E-state index contributed by atoms with van der Waals surface area (Å²) in [5.41, 5.74) is 1.14. The van der Waals surface area contributed by atoms with Gasteiger partial charge in [-0.25, -0.2) is 9.48 Å². The number of amides is 3. The van der Waals surface area contributed by atoms with E-state index < -0.39 is 0 Å². The maximum absolute atomic E-state index is 12.6. The number of carbonyl (C=O) groups is 2. The summed E-state index contributed by atoms with van der Waals surface area (Å²) in [6.07, 6.45) is 1.80. The number of nitrogens with one attached hydrogen (secondary N) is 1. The number of rotatable bonds is 1. The molecule has 3 amide bonds. The highest BCUT2D eigenvalue weighted by molar-refractivity contribution is 6.33. The van der Waals surface area contributed by atoms with Crippen LogP contribution in [0.4, 0.5) is 16.3 Å². The molecule has 2 aliphatic rings. The zero-order valence-electron chi connectivity index (χ0n) is 15.4. The number of anilines is 2. The third kappa shape index (κ3) is 3.06. The van der Waals surface area contributed by atoms with Crippen LogP contribution >= 0.6 is 11.6 Å². The molecule has 7 nitrogen and oxygen atoms in total. The van der Waals surface area contributed by atoms with Crippen LogP contribution in [0.2, 0.25) is 5.02 Å². The quantitative estimate of drug-likeness (QED) is 0.816. The van der Waals surface area contributed by atoms with Crippen LogP contribution in [0.15, 0.2) is 30.3 Å². The number of fused-ring (bicyclic) bond motifs is 2. The minimum atomic E-state index is -0.353. The molecule has 0 atom stereocenters. The lowest BCUT2D eigenvalue weighted by atomic mass is 9.83. The minimum absolute atomic E-state index is 0.0939. The molecule has 1 aromatic heterocycles. The van der Waals surface area contributed by atoms with Gasteiger partial charge in [0.15, 0.2) is 0 Å². The van der Waals surface area contributed by atoms with Crippen LogP contribution in [-0.4, -0.2) is 46.8 Å². The van der Waals surface area contributed by atoms with Gasteiger partial charge in [0.25, 0.3) is 0 Å². The Labute approximate surface area is 162 Å². The predicted molar refractivity (Wildman–Crippen MR) is 104 cm³/mol. The summed E-state index contributed by atoms with van der Waals surface area (Å²) in [5, 5.41) is 8.03. The Morgan fingerprint density at radius 1 is 1.26 bits per heavy atom. The van der Waals surface area contributed by atoms with E-state index in [2.05, 4.69) is 10.4 Å². The van der Waals surface area contributed by atoms with Gasteiger partial charge in [-0.1, -0.05) is 23.7 Å². The molecule has 1 aromatic carbocycles. The maximum Gasteiger partial charge on any atom is 0.321 e. The third-order valence-corrected chi connectivity index (χ3v) is 5.89. The molecule has 0 aliphatic carbocycles. The number of hydrogen-bond acceptors (Lipinski definition) is 3. The van der Waals surface area contributed by atoms with E-state index in [-0.39, 0.29) is 17.5 Å². The first-order valence-corrected chi connectivity index (χ1v) is 9.42. The highest BCUT2D eigenvalue weighted by atomic mass is 35.5. The second-order valence-electron chi connectivity index (χ2n) is 7.31. The second-order valence-corrected chi connectivity index (χ2v) is 7.71. The lowest BCUT2D eigenvalue weighted by Gasteiger charge is -2.45. The van der Waals surface area contributed by atoms with E-state index in [0.29, 0.717) is 43.1 Å².